The van der Waals surface area contributed by atoms with Crippen LogP contribution < -0.4 is 9.47 Å². The van der Waals surface area contributed by atoms with Crippen LogP contribution >= 0.6 is 11.8 Å². The molecule has 0 aliphatic carbocycles. The lowest BCUT2D eigenvalue weighted by molar-refractivity contribution is -0.122. The molecule has 1 aliphatic heterocycles. The van der Waals surface area contributed by atoms with Crippen LogP contribution in [-0.2, 0) is 4.79 Å². The van der Waals surface area contributed by atoms with Crippen LogP contribution in [0.1, 0.15) is 19.4 Å². The van der Waals surface area contributed by atoms with Gasteiger partial charge in [0.2, 0.25) is 0 Å². The Hall–Kier alpha value is -1.95. The van der Waals surface area contributed by atoms with Crippen LogP contribution in [0, 0.1) is 0 Å². The Morgan fingerprint density at radius 3 is 2.64 bits per heavy atom. The second-order valence-electron chi connectivity index (χ2n) is 4.52. The molecule has 0 N–H and O–H groups in total. The zero-order valence-corrected chi connectivity index (χ0v) is 14.1. The summed E-state index contributed by atoms with van der Waals surface area (Å²) in [7, 11) is 3.22. The molecule has 0 spiro atoms. The summed E-state index contributed by atoms with van der Waals surface area (Å²) >= 11 is 1.39. The van der Waals surface area contributed by atoms with E-state index in [0.29, 0.717) is 23.7 Å². The van der Waals surface area contributed by atoms with Crippen LogP contribution in [0.25, 0.3) is 6.08 Å². The van der Waals surface area contributed by atoms with Gasteiger partial charge < -0.3 is 9.47 Å². The molecule has 118 valence electrons. The molecule has 1 fully saturated rings. The van der Waals surface area contributed by atoms with Crippen LogP contribution in [0.15, 0.2) is 28.1 Å². The van der Waals surface area contributed by atoms with Crippen molar-refractivity contribution >= 4 is 28.9 Å². The number of nitrogens with zero attached hydrogens (tertiary/aromatic N) is 2. The van der Waals surface area contributed by atoms with Crippen molar-refractivity contribution in [3.8, 4) is 11.5 Å². The van der Waals surface area contributed by atoms with Crippen LogP contribution in [0.5, 0.6) is 11.5 Å². The largest absolute Gasteiger partial charge is 0.497 e. The monoisotopic (exact) mass is 320 g/mol. The molecule has 0 bridgehead atoms. The highest BCUT2D eigenvalue weighted by molar-refractivity contribution is 8.18. The van der Waals surface area contributed by atoms with Crippen molar-refractivity contribution in [1.82, 2.24) is 4.90 Å². The second kappa shape index (κ2) is 7.35. The van der Waals surface area contributed by atoms with E-state index >= 15 is 0 Å². The summed E-state index contributed by atoms with van der Waals surface area (Å²) in [4.78, 5) is 19.2. The van der Waals surface area contributed by atoms with Gasteiger partial charge in [-0.25, -0.2) is 0 Å². The van der Waals surface area contributed by atoms with Gasteiger partial charge in [-0.15, -0.1) is 0 Å². The zero-order chi connectivity index (χ0) is 16.1. The number of hydrogen-bond acceptors (Lipinski definition) is 5. The predicted molar refractivity (Wildman–Crippen MR) is 90.5 cm³/mol. The van der Waals surface area contributed by atoms with E-state index < -0.39 is 0 Å². The molecule has 1 aliphatic rings. The second-order valence-corrected chi connectivity index (χ2v) is 5.53. The topological polar surface area (TPSA) is 51.1 Å². The Morgan fingerprint density at radius 2 is 2.05 bits per heavy atom. The summed E-state index contributed by atoms with van der Waals surface area (Å²) in [5, 5.41) is 0.753. The van der Waals surface area contributed by atoms with Gasteiger partial charge in [-0.3, -0.25) is 14.7 Å². The lowest BCUT2D eigenvalue weighted by Gasteiger charge is -2.11. The van der Waals surface area contributed by atoms with Crippen LogP contribution in [-0.4, -0.2) is 43.3 Å². The molecular weight excluding hydrogens is 300 g/mol. The fourth-order valence-electron chi connectivity index (χ4n) is 2.13. The summed E-state index contributed by atoms with van der Waals surface area (Å²) in [6, 6.07) is 5.51. The number of benzene rings is 1. The number of ether oxygens (including phenoxy) is 2. The minimum atomic E-state index is -0.0235. The lowest BCUT2D eigenvalue weighted by atomic mass is 10.1. The first-order valence-corrected chi connectivity index (χ1v) is 7.94. The molecule has 2 rings (SSSR count). The molecule has 0 unspecified atom stereocenters. The first kappa shape index (κ1) is 16.4. The molecule has 0 atom stereocenters. The minimum Gasteiger partial charge on any atom is -0.497 e. The van der Waals surface area contributed by atoms with Crippen molar-refractivity contribution in [2.45, 2.75) is 13.8 Å². The van der Waals surface area contributed by atoms with Gasteiger partial charge in [0.25, 0.3) is 5.91 Å². The van der Waals surface area contributed by atoms with Gasteiger partial charge in [0.15, 0.2) is 5.17 Å². The molecule has 0 aromatic heterocycles. The van der Waals surface area contributed by atoms with Crippen molar-refractivity contribution in [3.05, 3.63) is 28.7 Å². The SMILES string of the molecule is CCN=C1SC(=Cc2cc(OC)ccc2OC)C(=O)N1CC. The number of carbonyl (C=O) groups is 1. The van der Waals surface area contributed by atoms with E-state index in [0.717, 1.165) is 16.5 Å². The Labute approximate surface area is 135 Å². The van der Waals surface area contributed by atoms with E-state index in [2.05, 4.69) is 4.99 Å². The maximum Gasteiger partial charge on any atom is 0.266 e. The van der Waals surface area contributed by atoms with Gasteiger partial charge in [-0.05, 0) is 49.9 Å². The zero-order valence-electron chi connectivity index (χ0n) is 13.3. The van der Waals surface area contributed by atoms with Crippen LogP contribution in [0.4, 0.5) is 0 Å². The van der Waals surface area contributed by atoms with E-state index in [4.69, 9.17) is 9.47 Å². The van der Waals surface area contributed by atoms with E-state index in [1.165, 1.54) is 11.8 Å². The van der Waals surface area contributed by atoms with E-state index in [9.17, 15) is 4.79 Å². The number of aliphatic imine (C=N–C) groups is 1. The van der Waals surface area contributed by atoms with Gasteiger partial charge in [-0.1, -0.05) is 0 Å². The summed E-state index contributed by atoms with van der Waals surface area (Å²) < 4.78 is 10.6. The Morgan fingerprint density at radius 1 is 1.27 bits per heavy atom. The quantitative estimate of drug-likeness (QED) is 0.783. The molecule has 0 radical (unpaired) electrons. The maximum atomic E-state index is 12.5. The first-order chi connectivity index (χ1) is 10.6. The molecule has 1 heterocycles. The minimum absolute atomic E-state index is 0.0235. The maximum absolute atomic E-state index is 12.5. The third-order valence-electron chi connectivity index (χ3n) is 3.22. The molecule has 0 saturated carbocycles. The number of likely N-dealkylation sites (N-methyl/N-ethyl adjacent to an activating group) is 1. The van der Waals surface area contributed by atoms with Crippen molar-refractivity contribution in [1.29, 1.82) is 0 Å². The third kappa shape index (κ3) is 3.27. The Kier molecular flexibility index (Phi) is 5.49. The van der Waals surface area contributed by atoms with E-state index in [-0.39, 0.29) is 5.91 Å². The normalized spacial score (nSPS) is 18.4. The summed E-state index contributed by atoms with van der Waals surface area (Å²) in [6.45, 7) is 5.16. The molecule has 1 aromatic carbocycles. The van der Waals surface area contributed by atoms with Crippen molar-refractivity contribution in [2.24, 2.45) is 4.99 Å². The fourth-order valence-corrected chi connectivity index (χ4v) is 3.23. The van der Waals surface area contributed by atoms with Crippen molar-refractivity contribution in [2.75, 3.05) is 27.3 Å². The van der Waals surface area contributed by atoms with Crippen molar-refractivity contribution < 1.29 is 14.3 Å². The number of rotatable bonds is 5. The smallest absolute Gasteiger partial charge is 0.266 e. The van der Waals surface area contributed by atoms with Crippen LogP contribution in [0.2, 0.25) is 0 Å². The van der Waals surface area contributed by atoms with E-state index in [1.54, 1.807) is 19.1 Å². The molecule has 6 heteroatoms. The summed E-state index contributed by atoms with van der Waals surface area (Å²) in [6.07, 6.45) is 1.83. The molecule has 1 saturated heterocycles. The van der Waals surface area contributed by atoms with Gasteiger partial charge in [0.05, 0.1) is 19.1 Å². The fraction of sp³-hybridized carbons (Fsp3) is 0.375. The molecular formula is C16H20N2O3S. The highest BCUT2D eigenvalue weighted by Crippen LogP contribution is 2.35. The predicted octanol–water partition coefficient (Wildman–Crippen LogP) is 3.02. The number of amidine groups is 1. The summed E-state index contributed by atoms with van der Waals surface area (Å²) in [5.74, 6) is 1.40. The summed E-state index contributed by atoms with van der Waals surface area (Å²) in [5.41, 5.74) is 0.812. The highest BCUT2D eigenvalue weighted by Gasteiger charge is 2.32. The average Bonchev–Trinajstić information content (AvgIpc) is 2.82. The van der Waals surface area contributed by atoms with E-state index in [1.807, 2.05) is 38.1 Å². The Bertz CT molecular complexity index is 626. The molecule has 1 amide bonds. The van der Waals surface area contributed by atoms with Gasteiger partial charge in [0.1, 0.15) is 11.5 Å². The van der Waals surface area contributed by atoms with Gasteiger partial charge >= 0.3 is 0 Å². The first-order valence-electron chi connectivity index (χ1n) is 7.12. The van der Waals surface area contributed by atoms with Crippen molar-refractivity contribution in [3.63, 3.8) is 0 Å². The van der Waals surface area contributed by atoms with Crippen LogP contribution in [0.3, 0.4) is 0 Å². The number of methoxy groups -OCH3 is 2. The number of hydrogen-bond donors (Lipinski definition) is 0. The number of amides is 1. The number of thioether (sulfide) groups is 1. The van der Waals surface area contributed by atoms with Gasteiger partial charge in [0, 0.05) is 18.7 Å². The molecule has 22 heavy (non-hydrogen) atoms. The third-order valence-corrected chi connectivity index (χ3v) is 4.27. The molecule has 5 nitrogen and oxygen atoms in total. The standard InChI is InChI=1S/C16H20N2O3S/c1-5-17-16-18(6-2)15(19)14(22-16)10-11-9-12(20-3)7-8-13(11)21-4/h7-10H,5-6H2,1-4H3. The highest BCUT2D eigenvalue weighted by atomic mass is 32.2. The van der Waals surface area contributed by atoms with Gasteiger partial charge in [-0.2, -0.15) is 0 Å². The lowest BCUT2D eigenvalue weighted by Crippen LogP contribution is -2.28. The Balaban J connectivity index is 2.41. The molecule has 1 aromatic rings. The number of carbonyl (C=O) groups excluding carboxylic acids is 1. The average molecular weight is 320 g/mol.